The molecule has 0 aliphatic carbocycles. The highest BCUT2D eigenvalue weighted by Crippen LogP contribution is 2.27. The number of carbonyl (C=O) groups is 2. The first-order valence-electron chi connectivity index (χ1n) is 9.57. The number of rotatable bonds is 8. The van der Waals surface area contributed by atoms with Crippen molar-refractivity contribution in [3.63, 3.8) is 0 Å². The van der Waals surface area contributed by atoms with Gasteiger partial charge in [0.1, 0.15) is 0 Å². The first kappa shape index (κ1) is 21.9. The van der Waals surface area contributed by atoms with Gasteiger partial charge < -0.3 is 9.88 Å². The van der Waals surface area contributed by atoms with Crippen molar-refractivity contribution >= 4 is 23.7 Å². The minimum Gasteiger partial charge on any atom is -0.338 e. The van der Waals surface area contributed by atoms with E-state index < -0.39 is 11.3 Å². The molecule has 0 radical (unpaired) electrons. The lowest BCUT2D eigenvalue weighted by molar-refractivity contribution is -0.119. The van der Waals surface area contributed by atoms with Crippen LogP contribution in [0.2, 0.25) is 0 Å². The van der Waals surface area contributed by atoms with Gasteiger partial charge in [-0.1, -0.05) is 56.3 Å². The minimum absolute atomic E-state index is 0.320. The van der Waals surface area contributed by atoms with Gasteiger partial charge in [0.2, 0.25) is 5.91 Å². The molecule has 1 aromatic heterocycles. The number of carbonyl (C=O) groups excluding carboxylic acids is 2. The highest BCUT2D eigenvalue weighted by atomic mass is 32.2. The Hall–Kier alpha value is -2.35. The van der Waals surface area contributed by atoms with Crippen LogP contribution in [0, 0.1) is 12.8 Å². The third kappa shape index (κ3) is 6.09. The highest BCUT2D eigenvalue weighted by molar-refractivity contribution is 8.00. The fraction of sp³-hybridized carbons (Fsp3) is 0.500. The minimum atomic E-state index is -0.477. The zero-order valence-corrected chi connectivity index (χ0v) is 18.0. The molecule has 1 unspecified atom stereocenters. The van der Waals surface area contributed by atoms with Crippen LogP contribution < -0.4 is 10.6 Å². The first-order chi connectivity index (χ1) is 13.3. The van der Waals surface area contributed by atoms with Gasteiger partial charge in [0.15, 0.2) is 11.0 Å². The lowest BCUT2D eigenvalue weighted by Gasteiger charge is -2.14. The summed E-state index contributed by atoms with van der Waals surface area (Å²) in [5, 5.41) is 13.9. The molecule has 1 aromatic carbocycles. The van der Waals surface area contributed by atoms with Crippen LogP contribution in [0.15, 0.2) is 29.4 Å². The van der Waals surface area contributed by atoms with E-state index in [0.717, 1.165) is 29.9 Å². The summed E-state index contributed by atoms with van der Waals surface area (Å²) in [7, 11) is 0. The molecular weight excluding hydrogens is 374 g/mol. The Labute approximate surface area is 170 Å². The van der Waals surface area contributed by atoms with Crippen LogP contribution in [0.5, 0.6) is 0 Å². The molecule has 8 heteroatoms. The third-order valence-corrected chi connectivity index (χ3v) is 5.08. The van der Waals surface area contributed by atoms with Gasteiger partial charge in [0.25, 0.3) is 0 Å². The molecule has 0 saturated carbocycles. The van der Waals surface area contributed by atoms with Gasteiger partial charge in [-0.05, 0) is 32.3 Å². The Morgan fingerprint density at radius 1 is 1.21 bits per heavy atom. The smallest absolute Gasteiger partial charge is 0.321 e. The molecule has 1 heterocycles. The monoisotopic (exact) mass is 403 g/mol. The molecule has 0 saturated heterocycles. The van der Waals surface area contributed by atoms with E-state index in [1.165, 1.54) is 11.8 Å². The summed E-state index contributed by atoms with van der Waals surface area (Å²) in [6, 6.07) is 7.64. The maximum Gasteiger partial charge on any atom is 0.321 e. The number of aryl methyl sites for hydroxylation is 1. The highest BCUT2D eigenvalue weighted by Gasteiger charge is 2.22. The van der Waals surface area contributed by atoms with Crippen molar-refractivity contribution in [3.05, 3.63) is 29.8 Å². The standard InChI is InChI=1S/C20H29N5O2S/c1-6-10-25-17(16-9-7-8-14(4)11-16)23-24-20(25)28-15(5)18(26)22-19(27)21-12-13(2)3/h7-9,11,13,15H,6,10,12H2,1-5H3,(H2,21,22,26,27). The van der Waals surface area contributed by atoms with Gasteiger partial charge in [-0.25, -0.2) is 4.79 Å². The molecule has 2 N–H and O–H groups in total. The van der Waals surface area contributed by atoms with Crippen LogP contribution in [0.25, 0.3) is 11.4 Å². The molecule has 1 atom stereocenters. The van der Waals surface area contributed by atoms with Crippen molar-refractivity contribution in [1.29, 1.82) is 0 Å². The van der Waals surface area contributed by atoms with Crippen LogP contribution in [0.3, 0.4) is 0 Å². The number of imide groups is 1. The summed E-state index contributed by atoms with van der Waals surface area (Å²) < 4.78 is 2.03. The van der Waals surface area contributed by atoms with Crippen molar-refractivity contribution in [2.75, 3.05) is 6.54 Å². The molecule has 0 spiro atoms. The molecule has 2 rings (SSSR count). The second-order valence-corrected chi connectivity index (χ2v) is 8.49. The number of thioether (sulfide) groups is 1. The average Bonchev–Trinajstić information content (AvgIpc) is 3.02. The van der Waals surface area contributed by atoms with Gasteiger partial charge in [-0.15, -0.1) is 10.2 Å². The summed E-state index contributed by atoms with van der Waals surface area (Å²) in [4.78, 5) is 24.2. The van der Waals surface area contributed by atoms with E-state index in [0.29, 0.717) is 17.6 Å². The van der Waals surface area contributed by atoms with Crippen molar-refractivity contribution in [3.8, 4) is 11.4 Å². The Balaban J connectivity index is 2.10. The Bertz CT molecular complexity index is 819. The SMILES string of the molecule is CCCn1c(SC(C)C(=O)NC(=O)NCC(C)C)nnc1-c1cccc(C)c1. The largest absolute Gasteiger partial charge is 0.338 e. The fourth-order valence-corrected chi connectivity index (χ4v) is 3.44. The summed E-state index contributed by atoms with van der Waals surface area (Å²) in [6.07, 6.45) is 0.919. The molecule has 3 amide bonds. The Morgan fingerprint density at radius 2 is 1.96 bits per heavy atom. The van der Waals surface area contributed by atoms with Gasteiger partial charge >= 0.3 is 6.03 Å². The number of nitrogens with zero attached hydrogens (tertiary/aromatic N) is 3. The quantitative estimate of drug-likeness (QED) is 0.657. The lowest BCUT2D eigenvalue weighted by Crippen LogP contribution is -2.43. The van der Waals surface area contributed by atoms with Crippen LogP contribution in [-0.4, -0.2) is 38.5 Å². The van der Waals surface area contributed by atoms with E-state index >= 15 is 0 Å². The van der Waals surface area contributed by atoms with Crippen molar-refractivity contribution in [2.45, 2.75) is 58.0 Å². The van der Waals surface area contributed by atoms with E-state index in [2.05, 4.69) is 33.8 Å². The molecule has 28 heavy (non-hydrogen) atoms. The second-order valence-electron chi connectivity index (χ2n) is 7.18. The number of aromatic nitrogens is 3. The normalized spacial score (nSPS) is 12.1. The van der Waals surface area contributed by atoms with Gasteiger partial charge in [-0.2, -0.15) is 0 Å². The van der Waals surface area contributed by atoms with Gasteiger partial charge in [0, 0.05) is 18.7 Å². The van der Waals surface area contributed by atoms with Crippen molar-refractivity contribution < 1.29 is 9.59 Å². The summed E-state index contributed by atoms with van der Waals surface area (Å²) >= 11 is 1.30. The van der Waals surface area contributed by atoms with Crippen molar-refractivity contribution in [2.24, 2.45) is 5.92 Å². The van der Waals surface area contributed by atoms with Gasteiger partial charge in [-0.3, -0.25) is 10.1 Å². The Morgan fingerprint density at radius 3 is 2.61 bits per heavy atom. The van der Waals surface area contributed by atoms with E-state index in [1.54, 1.807) is 6.92 Å². The number of amides is 3. The predicted molar refractivity (Wildman–Crippen MR) is 112 cm³/mol. The van der Waals surface area contributed by atoms with Crippen LogP contribution in [-0.2, 0) is 11.3 Å². The summed E-state index contributed by atoms with van der Waals surface area (Å²) in [5.74, 6) is 0.755. The number of hydrogen-bond acceptors (Lipinski definition) is 5. The molecule has 2 aromatic rings. The molecular formula is C20H29N5O2S. The zero-order chi connectivity index (χ0) is 20.7. The van der Waals surface area contributed by atoms with Crippen LogP contribution in [0.1, 0.15) is 39.7 Å². The number of urea groups is 1. The number of hydrogen-bond donors (Lipinski definition) is 2. The molecule has 0 aliphatic heterocycles. The van der Waals surface area contributed by atoms with E-state index in [9.17, 15) is 9.59 Å². The number of benzene rings is 1. The molecule has 0 aliphatic rings. The van der Waals surface area contributed by atoms with Crippen LogP contribution >= 0.6 is 11.8 Å². The maximum absolute atomic E-state index is 12.3. The van der Waals surface area contributed by atoms with E-state index in [4.69, 9.17) is 0 Å². The molecule has 0 fully saturated rings. The molecule has 152 valence electrons. The van der Waals surface area contributed by atoms with E-state index in [-0.39, 0.29) is 5.91 Å². The predicted octanol–water partition coefficient (Wildman–Crippen LogP) is 3.63. The second kappa shape index (κ2) is 10.3. The average molecular weight is 404 g/mol. The number of nitrogens with one attached hydrogen (secondary N) is 2. The third-order valence-electron chi connectivity index (χ3n) is 4.00. The van der Waals surface area contributed by atoms with Gasteiger partial charge in [0.05, 0.1) is 5.25 Å². The topological polar surface area (TPSA) is 88.9 Å². The summed E-state index contributed by atoms with van der Waals surface area (Å²) in [5.41, 5.74) is 2.15. The van der Waals surface area contributed by atoms with Crippen LogP contribution in [0.4, 0.5) is 4.79 Å². The van der Waals surface area contributed by atoms with E-state index in [1.807, 2.05) is 43.5 Å². The lowest BCUT2D eigenvalue weighted by atomic mass is 10.1. The molecule has 7 nitrogen and oxygen atoms in total. The first-order valence-corrected chi connectivity index (χ1v) is 10.4. The molecule has 0 bridgehead atoms. The fourth-order valence-electron chi connectivity index (χ4n) is 2.56. The maximum atomic E-state index is 12.3. The van der Waals surface area contributed by atoms with Crippen molar-refractivity contribution in [1.82, 2.24) is 25.4 Å². The Kier molecular flexibility index (Phi) is 8.04. The summed E-state index contributed by atoms with van der Waals surface area (Å²) in [6.45, 7) is 11.1. The zero-order valence-electron chi connectivity index (χ0n) is 17.2.